The van der Waals surface area contributed by atoms with Crippen molar-refractivity contribution in [2.75, 3.05) is 11.5 Å². The number of benzene rings is 2. The molecule has 9 heteroatoms. The van der Waals surface area contributed by atoms with E-state index < -0.39 is 23.3 Å². The van der Waals surface area contributed by atoms with E-state index in [-0.39, 0.29) is 28.9 Å². The maximum Gasteiger partial charge on any atom is 0.352 e. The standard InChI is InChI=1S/C23H20N2O5S2/c26-17(11-14-7-3-1-4-8-14)24-18-20(27)25-19(22(28)29)16(12-31-21(18)25)13-32-23(30)15-9-5-2-6-10-15/h1-10,18,21H,11-13H2,(H,24,26)(H,28,29)/t18-,21+/m0/s1. The maximum atomic E-state index is 12.7. The number of carboxylic acids is 1. The first kappa shape index (κ1) is 22.2. The van der Waals surface area contributed by atoms with Crippen LogP contribution in [0.1, 0.15) is 15.9 Å². The zero-order valence-electron chi connectivity index (χ0n) is 16.9. The number of rotatable bonds is 7. The normalized spacial score (nSPS) is 19.8. The van der Waals surface area contributed by atoms with Gasteiger partial charge in [0.2, 0.25) is 11.0 Å². The van der Waals surface area contributed by atoms with Gasteiger partial charge in [-0.15, -0.1) is 11.8 Å². The minimum Gasteiger partial charge on any atom is -0.477 e. The molecule has 2 aromatic rings. The van der Waals surface area contributed by atoms with Crippen LogP contribution < -0.4 is 5.32 Å². The monoisotopic (exact) mass is 468 g/mol. The number of hydrogen-bond donors (Lipinski definition) is 2. The van der Waals surface area contributed by atoms with Crippen LogP contribution in [0.25, 0.3) is 0 Å². The lowest BCUT2D eigenvalue weighted by molar-refractivity contribution is -0.150. The van der Waals surface area contributed by atoms with Crippen molar-refractivity contribution < 1.29 is 24.3 Å². The van der Waals surface area contributed by atoms with E-state index in [0.717, 1.165) is 17.3 Å². The third-order valence-corrected chi connectivity index (χ3v) is 7.49. The molecule has 0 aliphatic carbocycles. The van der Waals surface area contributed by atoms with Crippen molar-refractivity contribution in [3.63, 3.8) is 0 Å². The van der Waals surface area contributed by atoms with Crippen molar-refractivity contribution >= 4 is 46.4 Å². The molecule has 4 rings (SSSR count). The van der Waals surface area contributed by atoms with Crippen molar-refractivity contribution in [2.45, 2.75) is 17.8 Å². The quantitative estimate of drug-likeness (QED) is 0.602. The molecule has 0 spiro atoms. The fraction of sp³-hybridized carbons (Fsp3) is 0.217. The van der Waals surface area contributed by atoms with Crippen LogP contribution in [0.2, 0.25) is 0 Å². The maximum absolute atomic E-state index is 12.7. The van der Waals surface area contributed by atoms with Gasteiger partial charge in [0, 0.05) is 17.1 Å². The van der Waals surface area contributed by atoms with Crippen LogP contribution in [0, 0.1) is 0 Å². The van der Waals surface area contributed by atoms with E-state index >= 15 is 0 Å². The summed E-state index contributed by atoms with van der Waals surface area (Å²) in [7, 11) is 0. The Morgan fingerprint density at radius 3 is 2.38 bits per heavy atom. The van der Waals surface area contributed by atoms with E-state index in [2.05, 4.69) is 5.32 Å². The predicted molar refractivity (Wildman–Crippen MR) is 123 cm³/mol. The van der Waals surface area contributed by atoms with Crippen LogP contribution in [0.4, 0.5) is 0 Å². The summed E-state index contributed by atoms with van der Waals surface area (Å²) in [5.74, 6) is -1.39. The molecule has 0 unspecified atom stereocenters. The molecule has 0 radical (unpaired) electrons. The van der Waals surface area contributed by atoms with E-state index in [4.69, 9.17) is 0 Å². The summed E-state index contributed by atoms with van der Waals surface area (Å²) in [6.07, 6.45) is 0.146. The van der Waals surface area contributed by atoms with Gasteiger partial charge >= 0.3 is 5.97 Å². The van der Waals surface area contributed by atoms with Crippen LogP contribution >= 0.6 is 23.5 Å². The molecule has 0 aromatic heterocycles. The van der Waals surface area contributed by atoms with E-state index in [1.807, 2.05) is 36.4 Å². The first-order valence-electron chi connectivity index (χ1n) is 9.91. The molecule has 2 aliphatic rings. The van der Waals surface area contributed by atoms with Gasteiger partial charge in [0.1, 0.15) is 17.1 Å². The Balaban J connectivity index is 1.42. The van der Waals surface area contributed by atoms with Crippen LogP contribution in [-0.2, 0) is 20.8 Å². The molecular weight excluding hydrogens is 448 g/mol. The van der Waals surface area contributed by atoms with Gasteiger partial charge in [0.25, 0.3) is 5.91 Å². The summed E-state index contributed by atoms with van der Waals surface area (Å²) < 4.78 is 0. The van der Waals surface area contributed by atoms with Gasteiger partial charge in [-0.05, 0) is 11.1 Å². The third-order valence-electron chi connectivity index (χ3n) is 5.16. The zero-order chi connectivity index (χ0) is 22.7. The first-order chi connectivity index (χ1) is 15.5. The number of nitrogens with one attached hydrogen (secondary N) is 1. The fourth-order valence-corrected chi connectivity index (χ4v) is 5.93. The lowest BCUT2D eigenvalue weighted by Crippen LogP contribution is -2.70. The number of nitrogens with zero attached hydrogens (tertiary/aromatic N) is 1. The van der Waals surface area contributed by atoms with Gasteiger partial charge < -0.3 is 10.4 Å². The average molecular weight is 469 g/mol. The smallest absolute Gasteiger partial charge is 0.352 e. The number of aliphatic carboxylic acids is 1. The topological polar surface area (TPSA) is 104 Å². The Bertz CT molecular complexity index is 1090. The molecule has 7 nitrogen and oxygen atoms in total. The van der Waals surface area contributed by atoms with Crippen molar-refractivity contribution in [3.05, 3.63) is 83.1 Å². The second kappa shape index (κ2) is 9.62. The SMILES string of the molecule is O=C(Cc1ccccc1)N[C@H]1C(=O)N2C(C(=O)O)=C(CSC(=O)c3ccccc3)CS[C@H]12. The van der Waals surface area contributed by atoms with E-state index in [0.29, 0.717) is 16.9 Å². The average Bonchev–Trinajstić information content (AvgIpc) is 2.81. The van der Waals surface area contributed by atoms with Gasteiger partial charge in [0.15, 0.2) is 0 Å². The van der Waals surface area contributed by atoms with E-state index in [1.54, 1.807) is 24.3 Å². The Kier molecular flexibility index (Phi) is 6.66. The molecule has 2 atom stereocenters. The highest BCUT2D eigenvalue weighted by Gasteiger charge is 2.54. The predicted octanol–water partition coefficient (Wildman–Crippen LogP) is 2.54. The summed E-state index contributed by atoms with van der Waals surface area (Å²) in [6.45, 7) is 0. The van der Waals surface area contributed by atoms with Crippen LogP contribution in [-0.4, -0.2) is 55.8 Å². The molecule has 1 saturated heterocycles. The van der Waals surface area contributed by atoms with Gasteiger partial charge in [-0.1, -0.05) is 72.4 Å². The molecule has 32 heavy (non-hydrogen) atoms. The van der Waals surface area contributed by atoms with Gasteiger partial charge in [-0.2, -0.15) is 0 Å². The Labute approximate surface area is 193 Å². The lowest BCUT2D eigenvalue weighted by atomic mass is 10.0. The number of thioether (sulfide) groups is 2. The molecule has 2 aromatic carbocycles. The van der Waals surface area contributed by atoms with Crippen molar-refractivity contribution in [1.29, 1.82) is 0 Å². The third kappa shape index (κ3) is 4.58. The first-order valence-corrected chi connectivity index (χ1v) is 11.9. The van der Waals surface area contributed by atoms with Gasteiger partial charge in [-0.25, -0.2) is 4.79 Å². The largest absolute Gasteiger partial charge is 0.477 e. The highest BCUT2D eigenvalue weighted by molar-refractivity contribution is 8.14. The molecule has 2 heterocycles. The molecule has 0 bridgehead atoms. The second-order valence-corrected chi connectivity index (χ2v) is 9.37. The van der Waals surface area contributed by atoms with E-state index in [9.17, 15) is 24.3 Å². The summed E-state index contributed by atoms with van der Waals surface area (Å²) in [4.78, 5) is 50.6. The highest BCUT2D eigenvalue weighted by atomic mass is 32.2. The lowest BCUT2D eigenvalue weighted by Gasteiger charge is -2.49. The van der Waals surface area contributed by atoms with Gasteiger partial charge in [0.05, 0.1) is 6.42 Å². The second-order valence-electron chi connectivity index (χ2n) is 7.32. The van der Waals surface area contributed by atoms with Crippen LogP contribution in [0.3, 0.4) is 0 Å². The number of hydrogen-bond acceptors (Lipinski definition) is 6. The van der Waals surface area contributed by atoms with Crippen molar-refractivity contribution in [2.24, 2.45) is 0 Å². The molecule has 0 saturated carbocycles. The zero-order valence-corrected chi connectivity index (χ0v) is 18.5. The molecule has 2 N–H and O–H groups in total. The number of carboxylic acid groups (broad SMARTS) is 1. The molecule has 2 aliphatic heterocycles. The fourth-order valence-electron chi connectivity index (χ4n) is 3.61. The number of fused-ring (bicyclic) bond motifs is 1. The van der Waals surface area contributed by atoms with E-state index in [1.165, 1.54) is 16.7 Å². The Morgan fingerprint density at radius 1 is 1.06 bits per heavy atom. The van der Waals surface area contributed by atoms with Crippen molar-refractivity contribution in [3.8, 4) is 0 Å². The minimum absolute atomic E-state index is 0.0827. The van der Waals surface area contributed by atoms with Gasteiger partial charge in [-0.3, -0.25) is 19.3 Å². The Hall–Kier alpha value is -3.04. The number of carbonyl (C=O) groups excluding carboxylic acids is 3. The summed E-state index contributed by atoms with van der Waals surface area (Å²) in [5, 5.41) is 11.9. The summed E-state index contributed by atoms with van der Waals surface area (Å²) in [5.41, 5.74) is 1.81. The highest BCUT2D eigenvalue weighted by Crippen LogP contribution is 2.41. The number of amides is 2. The minimum atomic E-state index is -1.21. The summed E-state index contributed by atoms with van der Waals surface area (Å²) >= 11 is 2.41. The Morgan fingerprint density at radius 2 is 1.72 bits per heavy atom. The van der Waals surface area contributed by atoms with Crippen LogP contribution in [0.5, 0.6) is 0 Å². The molecule has 2 amide bonds. The van der Waals surface area contributed by atoms with Crippen molar-refractivity contribution in [1.82, 2.24) is 10.2 Å². The molecule has 1 fully saturated rings. The molecule has 164 valence electrons. The summed E-state index contributed by atoms with van der Waals surface area (Å²) in [6, 6.07) is 17.2. The van der Waals surface area contributed by atoms with Crippen LogP contribution in [0.15, 0.2) is 71.9 Å². The number of carbonyl (C=O) groups is 4. The molecular formula is C23H20N2O5S2. The number of β-lactam (4-membered cyclic amide) rings is 1.